The normalized spacial score (nSPS) is 22.8. The zero-order chi connectivity index (χ0) is 16.4. The highest BCUT2D eigenvalue weighted by Crippen LogP contribution is 2.34. The monoisotopic (exact) mass is 343 g/mol. The number of carbonyl (C=O) groups excluding carboxylic acids is 1. The largest absolute Gasteiger partial charge is 0.465 e. The number of hydrogen-bond donors (Lipinski definition) is 3. The summed E-state index contributed by atoms with van der Waals surface area (Å²) >= 11 is 0. The third kappa shape index (κ3) is 3.33. The number of anilines is 1. The van der Waals surface area contributed by atoms with E-state index in [4.69, 9.17) is 14.2 Å². The Balaban J connectivity index is 1.67. The lowest BCUT2D eigenvalue weighted by molar-refractivity contribution is -0.145. The highest BCUT2D eigenvalue weighted by Gasteiger charge is 2.38. The first-order valence-electron chi connectivity index (χ1n) is 7.08. The Kier molecular flexibility index (Phi) is 4.28. The highest BCUT2D eigenvalue weighted by atomic mass is 32.2. The van der Waals surface area contributed by atoms with Gasteiger partial charge in [0.15, 0.2) is 11.5 Å². The summed E-state index contributed by atoms with van der Waals surface area (Å²) in [6.45, 7) is 2.04. The van der Waals surface area contributed by atoms with E-state index in [0.717, 1.165) is 0 Å². The van der Waals surface area contributed by atoms with Gasteiger partial charge in [0, 0.05) is 12.5 Å². The predicted molar refractivity (Wildman–Crippen MR) is 80.2 cm³/mol. The van der Waals surface area contributed by atoms with Crippen molar-refractivity contribution in [2.75, 3.05) is 18.1 Å². The molecule has 126 valence electrons. The van der Waals surface area contributed by atoms with Crippen LogP contribution < -0.4 is 25.0 Å². The summed E-state index contributed by atoms with van der Waals surface area (Å²) in [4.78, 5) is 11.6. The van der Waals surface area contributed by atoms with Crippen molar-refractivity contribution < 1.29 is 27.4 Å². The Morgan fingerprint density at radius 3 is 2.91 bits per heavy atom. The number of hydrogen-bond acceptors (Lipinski definition) is 8. The highest BCUT2D eigenvalue weighted by molar-refractivity contribution is 7.93. The van der Waals surface area contributed by atoms with E-state index < -0.39 is 27.4 Å². The molecule has 10 heteroatoms. The van der Waals surface area contributed by atoms with E-state index in [2.05, 4.69) is 15.6 Å². The van der Waals surface area contributed by atoms with Gasteiger partial charge in [0.25, 0.3) is 0 Å². The second-order valence-electron chi connectivity index (χ2n) is 5.03. The van der Waals surface area contributed by atoms with Crippen LogP contribution in [0.2, 0.25) is 0 Å². The van der Waals surface area contributed by atoms with E-state index in [-0.39, 0.29) is 19.8 Å². The number of nitrogens with one attached hydrogen (secondary N) is 3. The van der Waals surface area contributed by atoms with Crippen molar-refractivity contribution in [3.63, 3.8) is 0 Å². The third-order valence-electron chi connectivity index (χ3n) is 3.45. The second kappa shape index (κ2) is 6.22. The van der Waals surface area contributed by atoms with Crippen molar-refractivity contribution in [3.05, 3.63) is 18.2 Å². The molecular formula is C13H17N3O6S. The predicted octanol–water partition coefficient (Wildman–Crippen LogP) is -0.0873. The molecule has 9 nitrogen and oxygen atoms in total. The topological polar surface area (TPSA) is 115 Å². The molecule has 0 radical (unpaired) electrons. The summed E-state index contributed by atoms with van der Waals surface area (Å²) in [5.41, 5.74) is 5.60. The number of fused-ring (bicyclic) bond motifs is 1. The summed E-state index contributed by atoms with van der Waals surface area (Å²) in [7, 11) is -3.74. The molecule has 0 spiro atoms. The zero-order valence-corrected chi connectivity index (χ0v) is 13.2. The van der Waals surface area contributed by atoms with Crippen LogP contribution in [0.25, 0.3) is 0 Å². The van der Waals surface area contributed by atoms with E-state index in [9.17, 15) is 13.2 Å². The van der Waals surface area contributed by atoms with Crippen molar-refractivity contribution >= 4 is 21.7 Å². The molecule has 1 aromatic carbocycles. The van der Waals surface area contributed by atoms with E-state index in [1.165, 1.54) is 0 Å². The fourth-order valence-corrected chi connectivity index (χ4v) is 3.59. The number of rotatable bonds is 5. The van der Waals surface area contributed by atoms with Crippen LogP contribution in [0, 0.1) is 0 Å². The molecule has 2 unspecified atom stereocenters. The molecule has 2 atom stereocenters. The Morgan fingerprint density at radius 1 is 1.35 bits per heavy atom. The van der Waals surface area contributed by atoms with Crippen molar-refractivity contribution in [1.82, 2.24) is 10.9 Å². The second-order valence-corrected chi connectivity index (χ2v) is 6.90. The number of esters is 1. The molecule has 0 bridgehead atoms. The summed E-state index contributed by atoms with van der Waals surface area (Å²) in [5.74, 6) is 0.559. The Labute approximate surface area is 133 Å². The molecule has 1 aromatic rings. The van der Waals surface area contributed by atoms with E-state index in [1.807, 2.05) is 0 Å². The van der Waals surface area contributed by atoms with Crippen molar-refractivity contribution in [2.45, 2.75) is 24.8 Å². The molecule has 0 amide bonds. The lowest BCUT2D eigenvalue weighted by Crippen LogP contribution is -2.41. The van der Waals surface area contributed by atoms with Gasteiger partial charge in [0.1, 0.15) is 11.4 Å². The lowest BCUT2D eigenvalue weighted by atomic mass is 10.2. The van der Waals surface area contributed by atoms with Gasteiger partial charge in [-0.25, -0.2) is 19.3 Å². The molecule has 1 fully saturated rings. The number of benzene rings is 1. The maximum atomic E-state index is 12.4. The van der Waals surface area contributed by atoms with Crippen LogP contribution in [0.3, 0.4) is 0 Å². The molecule has 2 heterocycles. The number of carbonyl (C=O) groups is 1. The van der Waals surface area contributed by atoms with Crippen LogP contribution in [-0.4, -0.2) is 39.2 Å². The van der Waals surface area contributed by atoms with Crippen molar-refractivity contribution in [1.29, 1.82) is 0 Å². The summed E-state index contributed by atoms with van der Waals surface area (Å²) in [6, 6.07) is 4.05. The van der Waals surface area contributed by atoms with Crippen LogP contribution >= 0.6 is 0 Å². The average Bonchev–Trinajstić information content (AvgIpc) is 3.16. The maximum Gasteiger partial charge on any atom is 0.324 e. The third-order valence-corrected chi connectivity index (χ3v) is 5.03. The molecular weight excluding hydrogens is 326 g/mol. The summed E-state index contributed by atoms with van der Waals surface area (Å²) < 4.78 is 42.5. The van der Waals surface area contributed by atoms with E-state index in [0.29, 0.717) is 17.2 Å². The quantitative estimate of drug-likeness (QED) is 0.636. The van der Waals surface area contributed by atoms with Crippen LogP contribution in [-0.2, 0) is 19.6 Å². The van der Waals surface area contributed by atoms with Crippen LogP contribution in [0.4, 0.5) is 5.69 Å². The van der Waals surface area contributed by atoms with Crippen LogP contribution in [0.15, 0.2) is 18.2 Å². The van der Waals surface area contributed by atoms with Gasteiger partial charge in [-0.2, -0.15) is 0 Å². The molecule has 0 aliphatic carbocycles. The Hall–Kier alpha value is -2.04. The Morgan fingerprint density at radius 2 is 2.13 bits per heavy atom. The van der Waals surface area contributed by atoms with Gasteiger partial charge in [-0.05, 0) is 19.1 Å². The minimum atomic E-state index is -3.74. The van der Waals surface area contributed by atoms with Crippen molar-refractivity contribution in [3.8, 4) is 11.5 Å². The fourth-order valence-electron chi connectivity index (χ4n) is 2.32. The van der Waals surface area contributed by atoms with Crippen LogP contribution in [0.5, 0.6) is 11.5 Å². The minimum absolute atomic E-state index is 0.0682. The lowest BCUT2D eigenvalue weighted by Gasteiger charge is -2.13. The van der Waals surface area contributed by atoms with Gasteiger partial charge in [-0.3, -0.25) is 9.52 Å². The molecule has 2 aliphatic heterocycles. The van der Waals surface area contributed by atoms with Crippen molar-refractivity contribution in [2.24, 2.45) is 0 Å². The summed E-state index contributed by atoms with van der Waals surface area (Å²) in [5, 5.41) is -0.956. The Bertz CT molecular complexity index is 708. The minimum Gasteiger partial charge on any atom is -0.465 e. The first-order valence-corrected chi connectivity index (χ1v) is 8.63. The smallest absolute Gasteiger partial charge is 0.324 e. The van der Waals surface area contributed by atoms with Gasteiger partial charge < -0.3 is 14.2 Å². The van der Waals surface area contributed by atoms with Gasteiger partial charge in [0.2, 0.25) is 16.8 Å². The van der Waals surface area contributed by atoms with Gasteiger partial charge in [-0.1, -0.05) is 0 Å². The standard InChI is InChI=1S/C13H17N3O6S/c1-2-20-13(17)9-6-12(15-14-9)23(18,19)16-8-3-4-10-11(5-8)22-7-21-10/h3-5,9,12,14-16H,2,6-7H2,1H3. The number of hydrazine groups is 1. The first kappa shape index (κ1) is 15.8. The van der Waals surface area contributed by atoms with E-state index in [1.54, 1.807) is 25.1 Å². The molecule has 3 rings (SSSR count). The first-order chi connectivity index (χ1) is 11.0. The SMILES string of the molecule is CCOC(=O)C1CC(S(=O)(=O)Nc2ccc3c(c2)OCO3)NN1. The number of ether oxygens (including phenoxy) is 3. The van der Waals surface area contributed by atoms with Crippen LogP contribution in [0.1, 0.15) is 13.3 Å². The van der Waals surface area contributed by atoms with Gasteiger partial charge >= 0.3 is 5.97 Å². The van der Waals surface area contributed by atoms with Gasteiger partial charge in [0.05, 0.1) is 12.3 Å². The molecule has 0 saturated carbocycles. The summed E-state index contributed by atoms with van der Waals surface area (Å²) in [6.07, 6.45) is 0.0682. The number of sulfonamides is 1. The molecule has 1 saturated heterocycles. The molecule has 3 N–H and O–H groups in total. The molecule has 0 aromatic heterocycles. The molecule has 23 heavy (non-hydrogen) atoms. The average molecular weight is 343 g/mol. The maximum absolute atomic E-state index is 12.4. The fraction of sp³-hybridized carbons (Fsp3) is 0.462. The molecule has 2 aliphatic rings. The van der Waals surface area contributed by atoms with Gasteiger partial charge in [-0.15, -0.1) is 0 Å². The zero-order valence-electron chi connectivity index (χ0n) is 12.4. The van der Waals surface area contributed by atoms with E-state index >= 15 is 0 Å².